The first-order valence-corrected chi connectivity index (χ1v) is 6.20. The van der Waals surface area contributed by atoms with Crippen LogP contribution in [0.25, 0.3) is 0 Å². The first-order valence-electron chi connectivity index (χ1n) is 6.20. The number of rotatable bonds is 4. The number of anilines is 3. The van der Waals surface area contributed by atoms with Gasteiger partial charge in [-0.1, -0.05) is 18.2 Å². The van der Waals surface area contributed by atoms with Gasteiger partial charge in [-0.15, -0.1) is 0 Å². The highest BCUT2D eigenvalue weighted by Crippen LogP contribution is 2.26. The van der Waals surface area contributed by atoms with Gasteiger partial charge >= 0.3 is 0 Å². The Morgan fingerprint density at radius 3 is 2.50 bits per heavy atom. The van der Waals surface area contributed by atoms with Crippen molar-refractivity contribution in [3.63, 3.8) is 0 Å². The molecule has 0 unspecified atom stereocenters. The summed E-state index contributed by atoms with van der Waals surface area (Å²) in [5.41, 5.74) is 6.96. The predicted molar refractivity (Wildman–Crippen MR) is 78.6 cm³/mol. The van der Waals surface area contributed by atoms with Gasteiger partial charge in [-0.25, -0.2) is 4.39 Å². The molecule has 1 amide bonds. The smallest absolute Gasteiger partial charge is 0.238 e. The Bertz CT molecular complexity index is 601. The van der Waals surface area contributed by atoms with Gasteiger partial charge in [-0.3, -0.25) is 4.79 Å². The van der Waals surface area contributed by atoms with Crippen LogP contribution in [0, 0.1) is 5.82 Å². The molecule has 2 aromatic carbocycles. The largest absolute Gasteiger partial charge is 0.345 e. The fourth-order valence-corrected chi connectivity index (χ4v) is 1.82. The summed E-state index contributed by atoms with van der Waals surface area (Å²) in [6.07, 6.45) is 0. The van der Waals surface area contributed by atoms with Crippen LogP contribution in [-0.2, 0) is 4.79 Å². The van der Waals surface area contributed by atoms with Gasteiger partial charge in [0.15, 0.2) is 0 Å². The van der Waals surface area contributed by atoms with Crippen LogP contribution in [0.3, 0.4) is 0 Å². The molecule has 0 saturated heterocycles. The molecule has 0 atom stereocenters. The van der Waals surface area contributed by atoms with E-state index in [0.717, 1.165) is 5.69 Å². The van der Waals surface area contributed by atoms with E-state index in [4.69, 9.17) is 5.73 Å². The summed E-state index contributed by atoms with van der Waals surface area (Å²) in [5.74, 6) is -0.917. The quantitative estimate of drug-likeness (QED) is 0.899. The molecule has 0 spiro atoms. The van der Waals surface area contributed by atoms with Crippen molar-refractivity contribution < 1.29 is 9.18 Å². The van der Waals surface area contributed by atoms with E-state index >= 15 is 0 Å². The average Bonchev–Trinajstić information content (AvgIpc) is 2.49. The number of carbonyl (C=O) groups is 1. The van der Waals surface area contributed by atoms with Crippen molar-refractivity contribution in [2.24, 2.45) is 5.73 Å². The molecule has 5 heteroatoms. The molecule has 4 nitrogen and oxygen atoms in total. The Morgan fingerprint density at radius 2 is 1.90 bits per heavy atom. The SMILES string of the molecule is CN(c1ccccc1)c1ccc(NC(=O)CN)c(F)c1. The van der Waals surface area contributed by atoms with Gasteiger partial charge < -0.3 is 16.0 Å². The molecular weight excluding hydrogens is 257 g/mol. The Balaban J connectivity index is 2.23. The van der Waals surface area contributed by atoms with E-state index in [1.54, 1.807) is 6.07 Å². The normalized spacial score (nSPS) is 10.2. The van der Waals surface area contributed by atoms with Crippen molar-refractivity contribution in [3.05, 3.63) is 54.3 Å². The lowest BCUT2D eigenvalue weighted by molar-refractivity contribution is -0.114. The number of halogens is 1. The van der Waals surface area contributed by atoms with Crippen molar-refractivity contribution in [3.8, 4) is 0 Å². The predicted octanol–water partition coefficient (Wildman–Crippen LogP) is 2.49. The Hall–Kier alpha value is -2.40. The average molecular weight is 273 g/mol. The lowest BCUT2D eigenvalue weighted by Crippen LogP contribution is -2.22. The minimum Gasteiger partial charge on any atom is -0.345 e. The van der Waals surface area contributed by atoms with Crippen molar-refractivity contribution in [2.45, 2.75) is 0 Å². The number of para-hydroxylation sites is 1. The number of nitrogens with zero attached hydrogens (tertiary/aromatic N) is 1. The van der Waals surface area contributed by atoms with Gasteiger partial charge in [0.05, 0.1) is 12.2 Å². The Labute approximate surface area is 117 Å². The molecule has 0 fully saturated rings. The number of benzene rings is 2. The highest BCUT2D eigenvalue weighted by atomic mass is 19.1. The third kappa shape index (κ3) is 3.13. The van der Waals surface area contributed by atoms with Crippen LogP contribution in [0.5, 0.6) is 0 Å². The number of nitrogens with one attached hydrogen (secondary N) is 1. The maximum atomic E-state index is 13.9. The zero-order valence-corrected chi connectivity index (χ0v) is 11.1. The van der Waals surface area contributed by atoms with Crippen LogP contribution >= 0.6 is 0 Å². The molecule has 0 aromatic heterocycles. The molecule has 3 N–H and O–H groups in total. The Kier molecular flexibility index (Phi) is 4.32. The highest BCUT2D eigenvalue weighted by molar-refractivity contribution is 5.92. The second-order valence-electron chi connectivity index (χ2n) is 4.31. The first kappa shape index (κ1) is 14.0. The summed E-state index contributed by atoms with van der Waals surface area (Å²) in [5, 5.41) is 2.41. The van der Waals surface area contributed by atoms with Crippen LogP contribution in [0.4, 0.5) is 21.5 Å². The molecule has 104 valence electrons. The molecule has 0 bridgehead atoms. The number of amides is 1. The topological polar surface area (TPSA) is 58.4 Å². The standard InChI is InChI=1S/C15H16FN3O/c1-19(11-5-3-2-4-6-11)12-7-8-14(13(16)9-12)18-15(20)10-17/h2-9H,10,17H2,1H3,(H,18,20). The van der Waals surface area contributed by atoms with E-state index < -0.39 is 11.7 Å². The van der Waals surface area contributed by atoms with E-state index in [0.29, 0.717) is 5.69 Å². The Morgan fingerprint density at radius 1 is 1.20 bits per heavy atom. The molecule has 0 saturated carbocycles. The van der Waals surface area contributed by atoms with Crippen LogP contribution in [0.1, 0.15) is 0 Å². The van der Waals surface area contributed by atoms with Gasteiger partial charge in [0.2, 0.25) is 5.91 Å². The fraction of sp³-hybridized carbons (Fsp3) is 0.133. The van der Waals surface area contributed by atoms with Crippen LogP contribution in [0.15, 0.2) is 48.5 Å². The summed E-state index contributed by atoms with van der Waals surface area (Å²) in [7, 11) is 1.85. The number of hydrogen-bond donors (Lipinski definition) is 2. The molecule has 20 heavy (non-hydrogen) atoms. The van der Waals surface area contributed by atoms with Crippen LogP contribution in [-0.4, -0.2) is 19.5 Å². The molecular formula is C15H16FN3O. The summed E-state index contributed by atoms with van der Waals surface area (Å²) in [6, 6.07) is 14.3. The molecule has 2 rings (SSSR count). The minimum atomic E-state index is -0.493. The zero-order valence-electron chi connectivity index (χ0n) is 11.1. The molecule has 0 heterocycles. The molecule has 0 aliphatic rings. The maximum absolute atomic E-state index is 13.9. The first-order chi connectivity index (χ1) is 9.61. The monoisotopic (exact) mass is 273 g/mol. The van der Waals surface area contributed by atoms with Crippen LogP contribution in [0.2, 0.25) is 0 Å². The van der Waals surface area contributed by atoms with Gasteiger partial charge in [0, 0.05) is 18.4 Å². The fourth-order valence-electron chi connectivity index (χ4n) is 1.82. The highest BCUT2D eigenvalue weighted by Gasteiger charge is 2.09. The zero-order chi connectivity index (χ0) is 14.5. The second-order valence-corrected chi connectivity index (χ2v) is 4.31. The lowest BCUT2D eigenvalue weighted by Gasteiger charge is -2.20. The lowest BCUT2D eigenvalue weighted by atomic mass is 10.2. The van der Waals surface area contributed by atoms with E-state index in [1.807, 2.05) is 42.3 Å². The van der Waals surface area contributed by atoms with Crippen molar-refractivity contribution >= 4 is 23.0 Å². The number of nitrogens with two attached hydrogens (primary N) is 1. The van der Waals surface area contributed by atoms with Gasteiger partial charge in [0.1, 0.15) is 5.82 Å². The van der Waals surface area contributed by atoms with Gasteiger partial charge in [-0.05, 0) is 30.3 Å². The van der Waals surface area contributed by atoms with Crippen molar-refractivity contribution in [1.29, 1.82) is 0 Å². The van der Waals surface area contributed by atoms with Crippen LogP contribution < -0.4 is 16.0 Å². The second kappa shape index (κ2) is 6.16. The van der Waals surface area contributed by atoms with Crippen molar-refractivity contribution in [1.82, 2.24) is 0 Å². The molecule has 0 radical (unpaired) electrons. The number of carbonyl (C=O) groups excluding carboxylic acids is 1. The summed E-state index contributed by atoms with van der Waals surface area (Å²) in [4.78, 5) is 13.0. The minimum absolute atomic E-state index is 0.130. The van der Waals surface area contributed by atoms with E-state index in [9.17, 15) is 9.18 Å². The maximum Gasteiger partial charge on any atom is 0.238 e. The van der Waals surface area contributed by atoms with E-state index in [2.05, 4.69) is 5.32 Å². The summed E-state index contributed by atoms with van der Waals surface area (Å²) < 4.78 is 13.9. The third-order valence-corrected chi connectivity index (χ3v) is 2.94. The summed E-state index contributed by atoms with van der Waals surface area (Å²) >= 11 is 0. The number of hydrogen-bond acceptors (Lipinski definition) is 3. The van der Waals surface area contributed by atoms with Gasteiger partial charge in [0.25, 0.3) is 0 Å². The van der Waals surface area contributed by atoms with E-state index in [-0.39, 0.29) is 12.2 Å². The van der Waals surface area contributed by atoms with E-state index in [1.165, 1.54) is 12.1 Å². The molecule has 2 aromatic rings. The molecule has 0 aliphatic carbocycles. The van der Waals surface area contributed by atoms with Crippen molar-refractivity contribution in [2.75, 3.05) is 23.8 Å². The van der Waals surface area contributed by atoms with Gasteiger partial charge in [-0.2, -0.15) is 0 Å². The third-order valence-electron chi connectivity index (χ3n) is 2.94. The molecule has 0 aliphatic heterocycles. The summed E-state index contributed by atoms with van der Waals surface area (Å²) in [6.45, 7) is -0.175.